The molecule has 0 atom stereocenters. The molecule has 164 valence electrons. The molecule has 0 aliphatic rings. The molecule has 2 aromatic heterocycles. The predicted molar refractivity (Wildman–Crippen MR) is 136 cm³/mol. The van der Waals surface area contributed by atoms with E-state index in [4.69, 9.17) is 16.6 Å². The Morgan fingerprint density at radius 2 is 1.47 bits per heavy atom. The number of anilines is 3. The second-order valence-corrected chi connectivity index (χ2v) is 7.75. The maximum atomic E-state index is 6.19. The van der Waals surface area contributed by atoms with Gasteiger partial charge in [0.2, 0.25) is 0 Å². The Morgan fingerprint density at radius 3 is 2.00 bits per heavy atom. The number of benzene rings is 2. The third-order valence-electron chi connectivity index (χ3n) is 5.54. The van der Waals surface area contributed by atoms with E-state index in [1.54, 1.807) is 12.4 Å². The molecule has 0 fully saturated rings. The lowest BCUT2D eigenvalue weighted by Crippen LogP contribution is -2.06. The maximum Gasteiger partial charge on any atom is 0.145 e. The van der Waals surface area contributed by atoms with E-state index in [0.29, 0.717) is 5.02 Å². The number of nitrogens with zero attached hydrogens (tertiary/aromatic N) is 3. The largest absolute Gasteiger partial charge is 0.388 e. The third kappa shape index (κ3) is 3.89. The lowest BCUT2D eigenvalue weighted by molar-refractivity contribution is 0.778. The molecule has 0 spiro atoms. The van der Waals surface area contributed by atoms with Crippen molar-refractivity contribution in [1.29, 1.82) is 0 Å². The summed E-state index contributed by atoms with van der Waals surface area (Å²) in [5.41, 5.74) is 8.05. The highest BCUT2D eigenvalue weighted by atomic mass is 35.5. The lowest BCUT2D eigenvalue weighted by Gasteiger charge is -2.18. The fourth-order valence-electron chi connectivity index (χ4n) is 3.98. The minimum absolute atomic E-state index is 0.708. The Balaban J connectivity index is 2.06. The van der Waals surface area contributed by atoms with Crippen molar-refractivity contribution in [3.8, 4) is 33.9 Å². The second-order valence-electron chi connectivity index (χ2n) is 7.32. The Kier molecular flexibility index (Phi) is 6.32. The van der Waals surface area contributed by atoms with E-state index in [9.17, 15) is 0 Å². The van der Waals surface area contributed by atoms with E-state index < -0.39 is 0 Å². The number of pyridine rings is 1. The topological polar surface area (TPSA) is 66.8 Å². The van der Waals surface area contributed by atoms with E-state index in [2.05, 4.69) is 44.6 Å². The molecular weight excluding hydrogens is 420 g/mol. The number of rotatable bonds is 7. The molecule has 0 unspecified atom stereocenters. The van der Waals surface area contributed by atoms with Crippen LogP contribution < -0.4 is 16.0 Å². The summed E-state index contributed by atoms with van der Waals surface area (Å²) in [5, 5.41) is 10.6. The van der Waals surface area contributed by atoms with Crippen LogP contribution in [-0.2, 0) is 6.54 Å². The number of imidazole rings is 1. The summed E-state index contributed by atoms with van der Waals surface area (Å²) in [5.74, 6) is 0.889. The van der Waals surface area contributed by atoms with E-state index in [1.807, 2.05) is 57.5 Å². The Bertz CT molecular complexity index is 1190. The SMILES string of the molecule is CCn1c(-c2c(NC)cc(NC)cc2NC)nc(-c2ccncc2)c1-c1ccc(Cl)cc1. The van der Waals surface area contributed by atoms with Gasteiger partial charge in [-0.3, -0.25) is 4.98 Å². The molecule has 2 heterocycles. The van der Waals surface area contributed by atoms with Gasteiger partial charge in [-0.1, -0.05) is 23.7 Å². The first-order valence-electron chi connectivity index (χ1n) is 10.6. The highest BCUT2D eigenvalue weighted by Crippen LogP contribution is 2.42. The molecule has 2 aromatic carbocycles. The van der Waals surface area contributed by atoms with Gasteiger partial charge in [-0.05, 0) is 43.3 Å². The van der Waals surface area contributed by atoms with E-state index in [0.717, 1.165) is 57.5 Å². The van der Waals surface area contributed by atoms with E-state index in [1.165, 1.54) is 0 Å². The molecule has 0 radical (unpaired) electrons. The zero-order valence-corrected chi connectivity index (χ0v) is 19.5. The fourth-order valence-corrected chi connectivity index (χ4v) is 4.11. The Labute approximate surface area is 193 Å². The van der Waals surface area contributed by atoms with Crippen molar-refractivity contribution < 1.29 is 0 Å². The molecule has 0 amide bonds. The molecule has 7 heteroatoms. The molecule has 0 saturated heterocycles. The van der Waals surface area contributed by atoms with Gasteiger partial charge in [0, 0.05) is 73.3 Å². The summed E-state index contributed by atoms with van der Waals surface area (Å²) in [6, 6.07) is 16.1. The van der Waals surface area contributed by atoms with Crippen LogP contribution in [-0.4, -0.2) is 35.7 Å². The van der Waals surface area contributed by atoms with Gasteiger partial charge in [0.1, 0.15) is 5.82 Å². The smallest absolute Gasteiger partial charge is 0.145 e. The maximum absolute atomic E-state index is 6.19. The standard InChI is InChI=1S/C25H27ClN6/c1-5-32-24(17-6-8-18(26)9-7-17)23(16-10-12-30-13-11-16)31-25(32)22-20(28-3)14-19(27-2)15-21(22)29-4/h6-15,27-29H,5H2,1-4H3. The molecular formula is C25H27ClN6. The summed E-state index contributed by atoms with van der Waals surface area (Å²) in [7, 11) is 5.78. The van der Waals surface area contributed by atoms with E-state index in [-0.39, 0.29) is 0 Å². The van der Waals surface area contributed by atoms with Gasteiger partial charge in [0.05, 0.1) is 17.0 Å². The normalized spacial score (nSPS) is 10.8. The van der Waals surface area contributed by atoms with Crippen molar-refractivity contribution in [1.82, 2.24) is 14.5 Å². The van der Waals surface area contributed by atoms with Gasteiger partial charge in [0.15, 0.2) is 0 Å². The first kappa shape index (κ1) is 21.7. The molecule has 0 aliphatic heterocycles. The van der Waals surface area contributed by atoms with Crippen molar-refractivity contribution in [3.05, 3.63) is 65.9 Å². The molecule has 4 aromatic rings. The van der Waals surface area contributed by atoms with Crippen molar-refractivity contribution in [2.75, 3.05) is 37.1 Å². The summed E-state index contributed by atoms with van der Waals surface area (Å²) >= 11 is 6.19. The zero-order chi connectivity index (χ0) is 22.7. The van der Waals surface area contributed by atoms with Crippen molar-refractivity contribution in [3.63, 3.8) is 0 Å². The average Bonchev–Trinajstić information content (AvgIpc) is 3.23. The van der Waals surface area contributed by atoms with Crippen LogP contribution in [0.4, 0.5) is 17.1 Å². The number of hydrogen-bond donors (Lipinski definition) is 3. The molecule has 32 heavy (non-hydrogen) atoms. The third-order valence-corrected chi connectivity index (χ3v) is 5.80. The minimum Gasteiger partial charge on any atom is -0.388 e. The van der Waals surface area contributed by atoms with Crippen molar-refractivity contribution in [2.45, 2.75) is 13.5 Å². The highest BCUT2D eigenvalue weighted by molar-refractivity contribution is 6.30. The summed E-state index contributed by atoms with van der Waals surface area (Å²) in [6.07, 6.45) is 3.59. The quantitative estimate of drug-likeness (QED) is 0.321. The van der Waals surface area contributed by atoms with Gasteiger partial charge in [-0.2, -0.15) is 0 Å². The summed E-state index contributed by atoms with van der Waals surface area (Å²) < 4.78 is 2.26. The Hall–Kier alpha value is -3.51. The van der Waals surface area contributed by atoms with Crippen molar-refractivity contribution >= 4 is 28.7 Å². The highest BCUT2D eigenvalue weighted by Gasteiger charge is 2.24. The van der Waals surface area contributed by atoms with Crippen molar-refractivity contribution in [2.24, 2.45) is 0 Å². The average molecular weight is 447 g/mol. The van der Waals surface area contributed by atoms with Gasteiger partial charge in [0.25, 0.3) is 0 Å². The molecule has 4 rings (SSSR count). The van der Waals surface area contributed by atoms with Crippen LogP contribution in [0.2, 0.25) is 5.02 Å². The molecule has 0 aliphatic carbocycles. The number of hydrogen-bond acceptors (Lipinski definition) is 5. The van der Waals surface area contributed by atoms with Crippen LogP contribution in [0.25, 0.3) is 33.9 Å². The second kappa shape index (κ2) is 9.32. The van der Waals surface area contributed by atoms with Crippen LogP contribution in [0.15, 0.2) is 60.9 Å². The van der Waals surface area contributed by atoms with Crippen LogP contribution in [0.3, 0.4) is 0 Å². The predicted octanol–water partition coefficient (Wildman–Crippen LogP) is 6.08. The van der Waals surface area contributed by atoms with Gasteiger partial charge < -0.3 is 20.5 Å². The molecule has 0 bridgehead atoms. The number of aromatic nitrogens is 3. The van der Waals surface area contributed by atoms with Crippen LogP contribution >= 0.6 is 11.6 Å². The lowest BCUT2D eigenvalue weighted by atomic mass is 10.1. The molecule has 3 N–H and O–H groups in total. The number of nitrogens with one attached hydrogen (secondary N) is 3. The summed E-state index contributed by atoms with van der Waals surface area (Å²) in [4.78, 5) is 9.38. The van der Waals surface area contributed by atoms with E-state index >= 15 is 0 Å². The Morgan fingerprint density at radius 1 is 0.844 bits per heavy atom. The van der Waals surface area contributed by atoms with Gasteiger partial charge in [-0.25, -0.2) is 4.98 Å². The zero-order valence-electron chi connectivity index (χ0n) is 18.7. The first-order chi connectivity index (χ1) is 15.6. The van der Waals surface area contributed by atoms with Crippen LogP contribution in [0, 0.1) is 0 Å². The molecule has 0 saturated carbocycles. The van der Waals surface area contributed by atoms with Gasteiger partial charge >= 0.3 is 0 Å². The monoisotopic (exact) mass is 446 g/mol. The van der Waals surface area contributed by atoms with Crippen LogP contribution in [0.5, 0.6) is 0 Å². The molecule has 6 nitrogen and oxygen atoms in total. The number of halogens is 1. The van der Waals surface area contributed by atoms with Gasteiger partial charge in [-0.15, -0.1) is 0 Å². The van der Waals surface area contributed by atoms with Crippen LogP contribution in [0.1, 0.15) is 6.92 Å². The summed E-state index contributed by atoms with van der Waals surface area (Å²) in [6.45, 7) is 2.90. The first-order valence-corrected chi connectivity index (χ1v) is 11.0. The minimum atomic E-state index is 0.708. The fraction of sp³-hybridized carbons (Fsp3) is 0.200.